The summed E-state index contributed by atoms with van der Waals surface area (Å²) in [6, 6.07) is 10.1. The van der Waals surface area contributed by atoms with Crippen molar-refractivity contribution in [2.45, 2.75) is 75.8 Å². The molecule has 2 N–H and O–H groups in total. The number of aromatic amines is 1. The molecule has 7 nitrogen and oxygen atoms in total. The Morgan fingerprint density at radius 1 is 1.28 bits per heavy atom. The largest absolute Gasteiger partial charge is 0.381 e. The molecule has 2 fully saturated rings. The summed E-state index contributed by atoms with van der Waals surface area (Å²) in [5.41, 5.74) is 3.48. The molecule has 210 valence electrons. The SMILES string of the molecule is COC1CC(N2CC[C@H](C(C)n3c(C)c(C(=O)NCc4c(SC)cc(C)[nH]c4=O)c4ccccc43)[C@H](F)C2)C1. The number of carbonyl (C=O) groups excluding carboxylic acids is 1. The molecule has 1 amide bonds. The summed E-state index contributed by atoms with van der Waals surface area (Å²) in [5, 5.41) is 3.83. The van der Waals surface area contributed by atoms with Gasteiger partial charge < -0.3 is 19.6 Å². The number of para-hydroxylation sites is 1. The van der Waals surface area contributed by atoms with E-state index in [1.165, 1.54) is 11.8 Å². The van der Waals surface area contributed by atoms with E-state index in [-0.39, 0.29) is 30.0 Å². The second kappa shape index (κ2) is 11.5. The van der Waals surface area contributed by atoms with Crippen molar-refractivity contribution in [1.82, 2.24) is 19.8 Å². The number of halogens is 1. The van der Waals surface area contributed by atoms with Gasteiger partial charge in [0.15, 0.2) is 0 Å². The van der Waals surface area contributed by atoms with Crippen LogP contribution in [0.15, 0.2) is 40.0 Å². The third-order valence-corrected chi connectivity index (χ3v) is 9.63. The highest BCUT2D eigenvalue weighted by Gasteiger charge is 2.41. The molecule has 2 aliphatic rings. The summed E-state index contributed by atoms with van der Waals surface area (Å²) in [4.78, 5) is 32.2. The van der Waals surface area contributed by atoms with E-state index in [9.17, 15) is 9.59 Å². The molecule has 1 saturated carbocycles. The molecule has 3 atom stereocenters. The highest BCUT2D eigenvalue weighted by molar-refractivity contribution is 7.98. The Labute approximate surface area is 233 Å². The fraction of sp³-hybridized carbons (Fsp3) is 0.533. The van der Waals surface area contributed by atoms with Crippen molar-refractivity contribution in [1.29, 1.82) is 0 Å². The second-order valence-electron chi connectivity index (χ2n) is 11.0. The van der Waals surface area contributed by atoms with Crippen molar-refractivity contribution in [3.8, 4) is 0 Å². The summed E-state index contributed by atoms with van der Waals surface area (Å²) in [6.45, 7) is 7.33. The Balaban J connectivity index is 1.37. The molecule has 1 saturated heterocycles. The number of hydrogen-bond donors (Lipinski definition) is 2. The normalized spacial score (nSPS) is 24.5. The number of likely N-dealkylation sites (tertiary alicyclic amines) is 1. The number of aromatic nitrogens is 2. The van der Waals surface area contributed by atoms with E-state index in [0.29, 0.717) is 29.8 Å². The topological polar surface area (TPSA) is 79.4 Å². The number of thioether (sulfide) groups is 1. The third kappa shape index (κ3) is 5.28. The lowest BCUT2D eigenvalue weighted by molar-refractivity contribution is -0.0539. The quantitative estimate of drug-likeness (QED) is 0.384. The third-order valence-electron chi connectivity index (χ3n) is 8.83. The van der Waals surface area contributed by atoms with E-state index < -0.39 is 6.17 Å². The minimum absolute atomic E-state index is 0.107. The maximum atomic E-state index is 15.7. The number of methoxy groups -OCH3 is 1. The van der Waals surface area contributed by atoms with E-state index in [2.05, 4.69) is 26.7 Å². The molecule has 1 aliphatic carbocycles. The number of H-pyrrole nitrogens is 1. The molecule has 0 bridgehead atoms. The van der Waals surface area contributed by atoms with E-state index in [0.717, 1.165) is 53.0 Å². The number of alkyl halides is 1. The van der Waals surface area contributed by atoms with E-state index in [1.807, 2.05) is 50.4 Å². The molecule has 3 aromatic rings. The maximum absolute atomic E-state index is 15.7. The van der Waals surface area contributed by atoms with Crippen molar-refractivity contribution >= 4 is 28.6 Å². The van der Waals surface area contributed by atoms with Gasteiger partial charge in [-0.25, -0.2) is 4.39 Å². The number of piperidine rings is 1. The molecule has 39 heavy (non-hydrogen) atoms. The summed E-state index contributed by atoms with van der Waals surface area (Å²) in [7, 11) is 1.74. The molecular weight excluding hydrogens is 515 g/mol. The van der Waals surface area contributed by atoms with Crippen LogP contribution in [0.3, 0.4) is 0 Å². The van der Waals surface area contributed by atoms with Crippen LogP contribution < -0.4 is 10.9 Å². The summed E-state index contributed by atoms with van der Waals surface area (Å²) >= 11 is 1.49. The van der Waals surface area contributed by atoms with Gasteiger partial charge in [0.05, 0.1) is 11.7 Å². The fourth-order valence-corrected chi connectivity index (χ4v) is 7.24. The number of nitrogens with one attached hydrogen (secondary N) is 2. The Hall–Kier alpha value is -2.62. The summed E-state index contributed by atoms with van der Waals surface area (Å²) in [5.74, 6) is -0.369. The molecule has 3 heterocycles. The molecule has 0 spiro atoms. The number of ether oxygens (including phenoxy) is 1. The Bertz CT molecular complexity index is 1410. The number of fused-ring (bicyclic) bond motifs is 1. The second-order valence-corrected chi connectivity index (χ2v) is 11.9. The van der Waals surface area contributed by atoms with Crippen LogP contribution in [0, 0.1) is 19.8 Å². The minimum Gasteiger partial charge on any atom is -0.381 e. The van der Waals surface area contributed by atoms with Crippen molar-refractivity contribution in [3.63, 3.8) is 0 Å². The number of pyridine rings is 1. The van der Waals surface area contributed by atoms with Crippen molar-refractivity contribution in [3.05, 3.63) is 63.2 Å². The molecule has 1 aliphatic heterocycles. The van der Waals surface area contributed by atoms with Gasteiger partial charge in [0.2, 0.25) is 0 Å². The zero-order chi connectivity index (χ0) is 27.8. The lowest BCUT2D eigenvalue weighted by Gasteiger charge is -2.47. The van der Waals surface area contributed by atoms with Crippen LogP contribution in [0.2, 0.25) is 0 Å². The smallest absolute Gasteiger partial charge is 0.254 e. The molecule has 1 aromatic carbocycles. The molecular formula is C30H39FN4O3S. The van der Waals surface area contributed by atoms with Crippen LogP contribution in [0.1, 0.15) is 59.5 Å². The number of nitrogens with zero attached hydrogens (tertiary/aromatic N) is 2. The van der Waals surface area contributed by atoms with Gasteiger partial charge in [0, 0.05) is 71.0 Å². The van der Waals surface area contributed by atoms with Crippen molar-refractivity contribution in [2.24, 2.45) is 5.92 Å². The van der Waals surface area contributed by atoms with Crippen LogP contribution in [0.25, 0.3) is 10.9 Å². The number of aryl methyl sites for hydroxylation is 1. The first-order valence-corrected chi connectivity index (χ1v) is 15.0. The number of hydrogen-bond acceptors (Lipinski definition) is 5. The van der Waals surface area contributed by atoms with Gasteiger partial charge in [-0.15, -0.1) is 11.8 Å². The molecule has 1 unspecified atom stereocenters. The first-order valence-electron chi connectivity index (χ1n) is 13.8. The summed E-state index contributed by atoms with van der Waals surface area (Å²) < 4.78 is 23.2. The summed E-state index contributed by atoms with van der Waals surface area (Å²) in [6.07, 6.45) is 4.03. The first-order chi connectivity index (χ1) is 18.7. The maximum Gasteiger partial charge on any atom is 0.254 e. The van der Waals surface area contributed by atoms with Crippen LogP contribution in [-0.4, -0.2) is 65.1 Å². The van der Waals surface area contributed by atoms with E-state index >= 15 is 4.39 Å². The Morgan fingerprint density at radius 2 is 2.03 bits per heavy atom. The highest BCUT2D eigenvalue weighted by atomic mass is 32.2. The lowest BCUT2D eigenvalue weighted by Crippen LogP contribution is -2.54. The Morgan fingerprint density at radius 3 is 2.72 bits per heavy atom. The average Bonchev–Trinajstić information content (AvgIpc) is 3.18. The predicted molar refractivity (Wildman–Crippen MR) is 155 cm³/mol. The molecule has 2 aromatic heterocycles. The van der Waals surface area contributed by atoms with E-state index in [1.54, 1.807) is 7.11 Å². The number of rotatable bonds is 8. The molecule has 9 heteroatoms. The van der Waals surface area contributed by atoms with Crippen LogP contribution in [0.5, 0.6) is 0 Å². The Kier molecular flexibility index (Phi) is 8.21. The van der Waals surface area contributed by atoms with Gasteiger partial charge in [-0.3, -0.25) is 14.5 Å². The number of carbonyl (C=O) groups is 1. The predicted octanol–water partition coefficient (Wildman–Crippen LogP) is 5.00. The standard InChI is InChI=1S/C30H39FN4O3S/c1-17-12-27(39-5)24(29(36)33-17)15-32-30(37)28-19(3)35(26-9-7-6-8-23(26)28)18(2)22-10-11-34(16-25(22)31)20-13-21(14-20)38-4/h6-9,12,18,20-22,25H,10-11,13-16H2,1-5H3,(H,32,37)(H,33,36)/t18?,20?,21?,22-,25-/m1/s1. The van der Waals surface area contributed by atoms with Gasteiger partial charge in [-0.1, -0.05) is 18.2 Å². The van der Waals surface area contributed by atoms with Crippen molar-refractivity contribution < 1.29 is 13.9 Å². The van der Waals surface area contributed by atoms with Crippen LogP contribution in [0.4, 0.5) is 4.39 Å². The fourth-order valence-electron chi connectivity index (χ4n) is 6.54. The lowest BCUT2D eigenvalue weighted by atomic mass is 9.83. The van der Waals surface area contributed by atoms with Crippen LogP contribution in [-0.2, 0) is 11.3 Å². The van der Waals surface area contributed by atoms with Crippen molar-refractivity contribution in [2.75, 3.05) is 26.5 Å². The number of amides is 1. The number of benzene rings is 1. The minimum atomic E-state index is -0.939. The molecule has 0 radical (unpaired) electrons. The van der Waals surface area contributed by atoms with Gasteiger partial charge in [-0.05, 0) is 65.0 Å². The zero-order valence-corrected chi connectivity index (χ0v) is 24.2. The zero-order valence-electron chi connectivity index (χ0n) is 23.4. The van der Waals surface area contributed by atoms with E-state index in [4.69, 9.17) is 4.74 Å². The van der Waals surface area contributed by atoms with Gasteiger partial charge in [-0.2, -0.15) is 0 Å². The van der Waals surface area contributed by atoms with Gasteiger partial charge in [0.25, 0.3) is 11.5 Å². The monoisotopic (exact) mass is 554 g/mol. The first kappa shape index (κ1) is 27.9. The molecule has 5 rings (SSSR count). The highest BCUT2D eigenvalue weighted by Crippen LogP contribution is 2.39. The van der Waals surface area contributed by atoms with Gasteiger partial charge in [0.1, 0.15) is 6.17 Å². The van der Waals surface area contributed by atoms with Gasteiger partial charge >= 0.3 is 0 Å². The average molecular weight is 555 g/mol. The van der Waals surface area contributed by atoms with Crippen LogP contribution >= 0.6 is 11.8 Å².